The van der Waals surface area contributed by atoms with E-state index in [9.17, 15) is 10.1 Å². The maximum Gasteiger partial charge on any atom is 0.217 e. The van der Waals surface area contributed by atoms with Crippen LogP contribution in [0.2, 0.25) is 0 Å². The topological polar surface area (TPSA) is 86.6 Å². The maximum absolute atomic E-state index is 11.1. The van der Waals surface area contributed by atoms with Crippen LogP contribution in [-0.2, 0) is 11.3 Å². The van der Waals surface area contributed by atoms with E-state index in [0.29, 0.717) is 18.1 Å². The van der Waals surface area contributed by atoms with Gasteiger partial charge in [0.1, 0.15) is 23.2 Å². The molecular weight excluding hydrogens is 330 g/mol. The molecule has 0 aromatic carbocycles. The number of carbonyl (C=O) groups is 1. The minimum Gasteiger partial charge on any atom is -0.462 e. The van der Waals surface area contributed by atoms with Crippen LogP contribution in [0.15, 0.2) is 40.9 Å². The number of imidazole rings is 1. The van der Waals surface area contributed by atoms with Gasteiger partial charge in [0.2, 0.25) is 5.91 Å². The Kier molecular flexibility index (Phi) is 4.09. The minimum atomic E-state index is -0.0891. The summed E-state index contributed by atoms with van der Waals surface area (Å²) in [5.41, 5.74) is 1.30. The smallest absolute Gasteiger partial charge is 0.217 e. The highest BCUT2D eigenvalue weighted by atomic mass is 16.3. The van der Waals surface area contributed by atoms with Crippen molar-refractivity contribution in [3.63, 3.8) is 0 Å². The van der Waals surface area contributed by atoms with Gasteiger partial charge in [0.25, 0.3) is 0 Å². The number of furan rings is 1. The number of amides is 1. The summed E-state index contributed by atoms with van der Waals surface area (Å²) in [4.78, 5) is 17.9. The largest absolute Gasteiger partial charge is 0.462 e. The minimum absolute atomic E-state index is 0.0399. The molecule has 0 spiro atoms. The van der Waals surface area contributed by atoms with Gasteiger partial charge in [0.15, 0.2) is 11.5 Å². The van der Waals surface area contributed by atoms with Crippen molar-refractivity contribution < 1.29 is 9.21 Å². The van der Waals surface area contributed by atoms with Crippen LogP contribution >= 0.6 is 0 Å². The van der Waals surface area contributed by atoms with E-state index in [2.05, 4.69) is 21.3 Å². The van der Waals surface area contributed by atoms with E-state index < -0.39 is 0 Å². The van der Waals surface area contributed by atoms with E-state index in [1.165, 1.54) is 6.92 Å². The fourth-order valence-electron chi connectivity index (χ4n) is 3.48. The molecule has 1 aliphatic heterocycles. The number of anilines is 1. The van der Waals surface area contributed by atoms with Gasteiger partial charge in [0.05, 0.1) is 12.6 Å². The van der Waals surface area contributed by atoms with Crippen LogP contribution in [0.5, 0.6) is 0 Å². The Bertz CT molecular complexity index is 997. The second-order valence-corrected chi connectivity index (χ2v) is 6.39. The highest BCUT2D eigenvalue weighted by Gasteiger charge is 2.32. The molecule has 7 heteroatoms. The summed E-state index contributed by atoms with van der Waals surface area (Å²) >= 11 is 0. The van der Waals surface area contributed by atoms with Crippen LogP contribution in [0, 0.1) is 11.3 Å². The molecule has 1 atom stereocenters. The number of pyridine rings is 1. The first-order valence-corrected chi connectivity index (χ1v) is 8.64. The number of nitriles is 1. The number of hydrogen-bond donors (Lipinski definition) is 1. The lowest BCUT2D eigenvalue weighted by molar-refractivity contribution is -0.119. The molecule has 3 aromatic rings. The molecule has 1 fully saturated rings. The third kappa shape index (κ3) is 2.80. The van der Waals surface area contributed by atoms with Gasteiger partial charge in [0, 0.05) is 19.7 Å². The van der Waals surface area contributed by atoms with Crippen LogP contribution < -0.4 is 10.2 Å². The zero-order valence-electron chi connectivity index (χ0n) is 14.5. The van der Waals surface area contributed by atoms with Crippen molar-refractivity contribution in [1.29, 1.82) is 5.26 Å². The number of fused-ring (bicyclic) bond motifs is 1. The van der Waals surface area contributed by atoms with E-state index >= 15 is 0 Å². The van der Waals surface area contributed by atoms with Crippen LogP contribution in [0.25, 0.3) is 5.65 Å². The fourth-order valence-corrected chi connectivity index (χ4v) is 3.48. The van der Waals surface area contributed by atoms with Crippen LogP contribution in [0.1, 0.15) is 43.0 Å². The monoisotopic (exact) mass is 349 g/mol. The predicted octanol–water partition coefficient (Wildman–Crippen LogP) is 2.78. The Hall–Kier alpha value is -3.27. The van der Waals surface area contributed by atoms with E-state index in [1.807, 2.05) is 40.9 Å². The first-order chi connectivity index (χ1) is 12.7. The number of nitrogens with zero attached hydrogens (tertiary/aromatic N) is 4. The van der Waals surface area contributed by atoms with Crippen molar-refractivity contribution in [3.8, 4) is 6.07 Å². The second-order valence-electron chi connectivity index (χ2n) is 6.39. The summed E-state index contributed by atoms with van der Waals surface area (Å²) < 4.78 is 7.76. The van der Waals surface area contributed by atoms with Gasteiger partial charge in [-0.1, -0.05) is 6.07 Å². The Morgan fingerprint density at radius 3 is 3.12 bits per heavy atom. The van der Waals surface area contributed by atoms with Crippen molar-refractivity contribution in [3.05, 3.63) is 53.7 Å². The molecule has 1 amide bonds. The first-order valence-electron chi connectivity index (χ1n) is 8.64. The van der Waals surface area contributed by atoms with Crippen molar-refractivity contribution in [2.75, 3.05) is 11.4 Å². The molecule has 0 radical (unpaired) electrons. The summed E-state index contributed by atoms with van der Waals surface area (Å²) in [5, 5.41) is 12.4. The quantitative estimate of drug-likeness (QED) is 0.783. The number of rotatable bonds is 4. The predicted molar refractivity (Wildman–Crippen MR) is 95.5 cm³/mol. The molecule has 1 saturated heterocycles. The Labute approximate surface area is 150 Å². The van der Waals surface area contributed by atoms with Crippen molar-refractivity contribution in [1.82, 2.24) is 14.7 Å². The first kappa shape index (κ1) is 16.2. The standard InChI is InChI=1S/C19H19N5O2/c1-13(25)21-12-14-7-8-17(26-14)15-5-4-10-24(15)19-16(11-20)23-9-3-2-6-18(23)22-19/h2-3,6-9,15H,4-5,10,12H2,1H3,(H,21,25)/t15-/m1/s1. The van der Waals surface area contributed by atoms with Crippen LogP contribution in [0.3, 0.4) is 0 Å². The summed E-state index contributed by atoms with van der Waals surface area (Å²) in [6.45, 7) is 2.68. The summed E-state index contributed by atoms with van der Waals surface area (Å²) in [7, 11) is 0. The number of hydrogen-bond acceptors (Lipinski definition) is 5. The molecule has 4 rings (SSSR count). The summed E-state index contributed by atoms with van der Waals surface area (Å²) in [6.07, 6.45) is 3.80. The van der Waals surface area contributed by atoms with Crippen LogP contribution in [0.4, 0.5) is 5.82 Å². The number of aromatic nitrogens is 2. The molecule has 4 heterocycles. The lowest BCUT2D eigenvalue weighted by Crippen LogP contribution is -2.23. The number of nitrogens with one attached hydrogen (secondary N) is 1. The van der Waals surface area contributed by atoms with Crippen LogP contribution in [-0.4, -0.2) is 21.8 Å². The van der Waals surface area contributed by atoms with E-state index in [4.69, 9.17) is 4.42 Å². The molecule has 3 aromatic heterocycles. The molecular formula is C19H19N5O2. The molecule has 1 aliphatic rings. The molecule has 132 valence electrons. The lowest BCUT2D eigenvalue weighted by atomic mass is 10.1. The highest BCUT2D eigenvalue weighted by molar-refractivity contribution is 5.72. The second kappa shape index (κ2) is 6.56. The highest BCUT2D eigenvalue weighted by Crippen LogP contribution is 2.38. The van der Waals surface area contributed by atoms with Gasteiger partial charge in [-0.2, -0.15) is 5.26 Å². The third-order valence-electron chi connectivity index (χ3n) is 4.66. The Morgan fingerprint density at radius 2 is 2.31 bits per heavy atom. The SMILES string of the molecule is CC(=O)NCc1ccc([C@H]2CCCN2c2nc3ccccn3c2C#N)o1. The molecule has 1 N–H and O–H groups in total. The molecule has 26 heavy (non-hydrogen) atoms. The lowest BCUT2D eigenvalue weighted by Gasteiger charge is -2.23. The van der Waals surface area contributed by atoms with E-state index in [-0.39, 0.29) is 11.9 Å². The zero-order chi connectivity index (χ0) is 18.1. The maximum atomic E-state index is 11.1. The molecule has 0 aliphatic carbocycles. The number of carbonyl (C=O) groups excluding carboxylic acids is 1. The van der Waals surface area contributed by atoms with E-state index in [1.54, 1.807) is 0 Å². The van der Waals surface area contributed by atoms with Gasteiger partial charge < -0.3 is 14.6 Å². The Balaban J connectivity index is 1.65. The molecule has 7 nitrogen and oxygen atoms in total. The Morgan fingerprint density at radius 1 is 1.42 bits per heavy atom. The van der Waals surface area contributed by atoms with Crippen molar-refractivity contribution >= 4 is 17.4 Å². The van der Waals surface area contributed by atoms with Gasteiger partial charge >= 0.3 is 0 Å². The zero-order valence-corrected chi connectivity index (χ0v) is 14.5. The normalized spacial score (nSPS) is 16.8. The summed E-state index contributed by atoms with van der Waals surface area (Å²) in [5.74, 6) is 2.16. The average Bonchev–Trinajstić information content (AvgIpc) is 3.36. The van der Waals surface area contributed by atoms with Crippen molar-refractivity contribution in [2.24, 2.45) is 0 Å². The average molecular weight is 349 g/mol. The molecule has 0 unspecified atom stereocenters. The van der Waals surface area contributed by atoms with Gasteiger partial charge in [-0.05, 0) is 37.1 Å². The van der Waals surface area contributed by atoms with Crippen molar-refractivity contribution in [2.45, 2.75) is 32.4 Å². The molecule has 0 bridgehead atoms. The van der Waals surface area contributed by atoms with Gasteiger partial charge in [-0.25, -0.2) is 4.98 Å². The third-order valence-corrected chi connectivity index (χ3v) is 4.66. The fraction of sp³-hybridized carbons (Fsp3) is 0.316. The summed E-state index contributed by atoms with van der Waals surface area (Å²) in [6, 6.07) is 11.9. The van der Waals surface area contributed by atoms with Gasteiger partial charge in [-0.3, -0.25) is 9.20 Å². The van der Waals surface area contributed by atoms with E-state index in [0.717, 1.165) is 36.6 Å². The van der Waals surface area contributed by atoms with Gasteiger partial charge in [-0.15, -0.1) is 0 Å². The molecule has 0 saturated carbocycles.